The van der Waals surface area contributed by atoms with Crippen molar-refractivity contribution in [3.63, 3.8) is 0 Å². The van der Waals surface area contributed by atoms with Gasteiger partial charge in [0.25, 0.3) is 0 Å². The van der Waals surface area contributed by atoms with Crippen LogP contribution >= 0.6 is 0 Å². The number of aryl methyl sites for hydroxylation is 1. The summed E-state index contributed by atoms with van der Waals surface area (Å²) >= 11 is 0. The van der Waals surface area contributed by atoms with Gasteiger partial charge in [0.2, 0.25) is 0 Å². The fourth-order valence-corrected chi connectivity index (χ4v) is 2.94. The maximum atomic E-state index is 11.9. The predicted molar refractivity (Wildman–Crippen MR) is 106 cm³/mol. The normalized spacial score (nSPS) is 10.7. The van der Waals surface area contributed by atoms with E-state index in [4.69, 9.17) is 0 Å². The van der Waals surface area contributed by atoms with E-state index in [1.807, 2.05) is 19.9 Å². The fourth-order valence-electron chi connectivity index (χ4n) is 2.14. The molecule has 0 bridgehead atoms. The summed E-state index contributed by atoms with van der Waals surface area (Å²) < 4.78 is 11.9. The summed E-state index contributed by atoms with van der Waals surface area (Å²) in [5.74, 6) is 0.544. The second-order valence-corrected chi connectivity index (χ2v) is 6.50. The molecular formula is C19H34N2OS. The highest BCUT2D eigenvalue weighted by atomic mass is 32.2. The van der Waals surface area contributed by atoms with Crippen molar-refractivity contribution in [3.05, 3.63) is 48.2 Å². The summed E-state index contributed by atoms with van der Waals surface area (Å²) in [7, 11) is 0.509. The highest BCUT2D eigenvalue weighted by molar-refractivity contribution is 7.84. The monoisotopic (exact) mass is 338 g/mol. The van der Waals surface area contributed by atoms with Crippen LogP contribution in [0.1, 0.15) is 44.4 Å². The highest BCUT2D eigenvalue weighted by Crippen LogP contribution is 2.25. The molecule has 0 aliphatic rings. The van der Waals surface area contributed by atoms with Gasteiger partial charge in [0, 0.05) is 22.4 Å². The number of rotatable bonds is 6. The molecule has 1 unspecified atom stereocenters. The second-order valence-electron chi connectivity index (χ2n) is 5.15. The smallest absolute Gasteiger partial charge is 0.0501 e. The molecule has 0 fully saturated rings. The number of hydrogen-bond acceptors (Lipinski definition) is 3. The Bertz CT molecular complexity index is 522. The minimum Gasteiger partial charge on any atom is -0.362 e. The maximum absolute atomic E-state index is 11.9. The van der Waals surface area contributed by atoms with Crippen LogP contribution < -0.4 is 11.1 Å². The molecule has 23 heavy (non-hydrogen) atoms. The molecule has 3 N–H and O–H groups in total. The lowest BCUT2D eigenvalue weighted by atomic mass is 9.97. The molecule has 132 valence electrons. The average molecular weight is 339 g/mol. The van der Waals surface area contributed by atoms with Crippen molar-refractivity contribution in [2.75, 3.05) is 13.3 Å². The third-order valence-corrected chi connectivity index (χ3v) is 3.95. The first-order chi connectivity index (χ1) is 10.9. The minimum atomic E-state index is -0.991. The lowest BCUT2D eigenvalue weighted by molar-refractivity contribution is 0.637. The van der Waals surface area contributed by atoms with E-state index in [0.717, 1.165) is 28.1 Å². The van der Waals surface area contributed by atoms with Crippen molar-refractivity contribution in [3.8, 4) is 0 Å². The van der Waals surface area contributed by atoms with Crippen molar-refractivity contribution in [2.24, 2.45) is 11.7 Å². The fraction of sp³-hybridized carbons (Fsp3) is 0.474. The molecule has 0 saturated heterocycles. The number of nitrogens with two attached hydrogens (primary N) is 1. The van der Waals surface area contributed by atoms with E-state index >= 15 is 0 Å². The van der Waals surface area contributed by atoms with Crippen LogP contribution in [0.4, 0.5) is 0 Å². The Kier molecular flexibility index (Phi) is 13.6. The van der Waals surface area contributed by atoms with Crippen LogP contribution in [0.2, 0.25) is 0 Å². The van der Waals surface area contributed by atoms with E-state index in [9.17, 15) is 4.21 Å². The molecule has 0 aromatic heterocycles. The lowest BCUT2D eigenvalue weighted by Crippen LogP contribution is -2.07. The number of hydrogen-bond donors (Lipinski definition) is 2. The van der Waals surface area contributed by atoms with Crippen molar-refractivity contribution in [1.82, 2.24) is 5.32 Å². The van der Waals surface area contributed by atoms with Gasteiger partial charge in [-0.15, -0.1) is 0 Å². The lowest BCUT2D eigenvalue weighted by Gasteiger charge is -2.16. The van der Waals surface area contributed by atoms with Gasteiger partial charge in [-0.3, -0.25) is 4.21 Å². The standard InChI is InChI=1S/C16H23NOS.C2H6.CH5N/c1-7-17-13(5)15-10-16(19(6)18)14(8-11(2)3)9-12(15)4;2*1-2/h7,9-11,17H,1,5,8H2,2-4,6H3;1-2H3;2H2,1H3. The van der Waals surface area contributed by atoms with Gasteiger partial charge < -0.3 is 11.1 Å². The molecule has 1 atom stereocenters. The summed E-state index contributed by atoms with van der Waals surface area (Å²) in [6, 6.07) is 4.12. The zero-order chi connectivity index (χ0) is 18.6. The molecule has 0 amide bonds. The molecule has 0 radical (unpaired) electrons. The first kappa shape index (κ1) is 23.9. The Morgan fingerprint density at radius 2 is 1.87 bits per heavy atom. The first-order valence-electron chi connectivity index (χ1n) is 7.98. The van der Waals surface area contributed by atoms with Crippen LogP contribution in [0.15, 0.2) is 36.4 Å². The molecule has 0 saturated carbocycles. The zero-order valence-electron chi connectivity index (χ0n) is 15.8. The van der Waals surface area contributed by atoms with E-state index < -0.39 is 10.8 Å². The van der Waals surface area contributed by atoms with Gasteiger partial charge in [0.15, 0.2) is 0 Å². The third-order valence-electron chi connectivity index (χ3n) is 2.95. The summed E-state index contributed by atoms with van der Waals surface area (Å²) in [6.07, 6.45) is 4.27. The molecule has 0 aliphatic carbocycles. The molecule has 0 heterocycles. The van der Waals surface area contributed by atoms with Gasteiger partial charge in [0.1, 0.15) is 0 Å². The van der Waals surface area contributed by atoms with Crippen LogP contribution in [-0.2, 0) is 17.2 Å². The molecular weight excluding hydrogens is 304 g/mol. The van der Waals surface area contributed by atoms with Crippen LogP contribution in [0.5, 0.6) is 0 Å². The van der Waals surface area contributed by atoms with E-state index in [-0.39, 0.29) is 0 Å². The van der Waals surface area contributed by atoms with Crippen molar-refractivity contribution in [1.29, 1.82) is 0 Å². The Hall–Kier alpha value is -1.39. The summed E-state index contributed by atoms with van der Waals surface area (Å²) in [5.41, 5.74) is 8.60. The summed E-state index contributed by atoms with van der Waals surface area (Å²) in [4.78, 5) is 0.904. The Labute approximate surface area is 145 Å². The summed E-state index contributed by atoms with van der Waals surface area (Å²) in [5, 5.41) is 3.00. The predicted octanol–water partition coefficient (Wildman–Crippen LogP) is 4.24. The molecule has 1 aromatic carbocycles. The quantitative estimate of drug-likeness (QED) is 0.816. The Balaban J connectivity index is 0. The molecule has 1 aromatic rings. The van der Waals surface area contributed by atoms with Crippen molar-refractivity contribution < 1.29 is 4.21 Å². The largest absolute Gasteiger partial charge is 0.362 e. The maximum Gasteiger partial charge on any atom is 0.0501 e. The molecule has 3 nitrogen and oxygen atoms in total. The third kappa shape index (κ3) is 8.14. The number of benzene rings is 1. The average Bonchev–Trinajstić information content (AvgIpc) is 2.50. The Morgan fingerprint density at radius 1 is 1.35 bits per heavy atom. The van der Waals surface area contributed by atoms with Crippen molar-refractivity contribution in [2.45, 2.75) is 45.9 Å². The van der Waals surface area contributed by atoms with Gasteiger partial charge in [-0.05, 0) is 49.7 Å². The van der Waals surface area contributed by atoms with Crippen molar-refractivity contribution >= 4 is 16.5 Å². The molecule has 1 rings (SSSR count). The SMILES string of the molecule is C=CNC(=C)c1cc(S(C)=O)c(CC(C)C)cc1C.CC.CN. The van der Waals surface area contributed by atoms with Gasteiger partial charge in [0.05, 0.1) is 10.8 Å². The van der Waals surface area contributed by atoms with E-state index in [1.54, 1.807) is 12.5 Å². The van der Waals surface area contributed by atoms with Crippen LogP contribution in [-0.4, -0.2) is 17.5 Å². The molecule has 0 spiro atoms. The van der Waals surface area contributed by atoms with E-state index in [2.05, 4.69) is 51.0 Å². The Morgan fingerprint density at radius 3 is 2.26 bits per heavy atom. The molecule has 0 aliphatic heterocycles. The number of nitrogens with one attached hydrogen (secondary N) is 1. The van der Waals surface area contributed by atoms with E-state index in [0.29, 0.717) is 5.92 Å². The molecule has 4 heteroatoms. The van der Waals surface area contributed by atoms with Gasteiger partial charge in [-0.1, -0.05) is 46.9 Å². The zero-order valence-corrected chi connectivity index (χ0v) is 16.6. The van der Waals surface area contributed by atoms with E-state index in [1.165, 1.54) is 12.6 Å². The highest BCUT2D eigenvalue weighted by Gasteiger charge is 2.13. The van der Waals surface area contributed by atoms with Crippen LogP contribution in [0.3, 0.4) is 0 Å². The first-order valence-corrected chi connectivity index (χ1v) is 9.54. The van der Waals surface area contributed by atoms with Gasteiger partial charge in [-0.2, -0.15) is 0 Å². The van der Waals surface area contributed by atoms with Crippen LogP contribution in [0, 0.1) is 12.8 Å². The van der Waals surface area contributed by atoms with Gasteiger partial charge >= 0.3 is 0 Å². The second kappa shape index (κ2) is 13.1. The van der Waals surface area contributed by atoms with Crippen LogP contribution in [0.25, 0.3) is 5.70 Å². The summed E-state index contributed by atoms with van der Waals surface area (Å²) in [6.45, 7) is 18.0. The minimum absolute atomic E-state index is 0.544. The topological polar surface area (TPSA) is 55.1 Å². The van der Waals surface area contributed by atoms with Gasteiger partial charge in [-0.25, -0.2) is 0 Å².